The smallest absolute Gasteiger partial charge is 0.255 e. The van der Waals surface area contributed by atoms with Crippen LogP contribution in [-0.2, 0) is 4.74 Å². The zero-order chi connectivity index (χ0) is 13.4. The van der Waals surface area contributed by atoms with E-state index >= 15 is 0 Å². The van der Waals surface area contributed by atoms with Crippen LogP contribution >= 0.6 is 12.4 Å². The van der Waals surface area contributed by atoms with Crippen LogP contribution < -0.4 is 15.8 Å². The molecule has 19 heavy (non-hydrogen) atoms. The summed E-state index contributed by atoms with van der Waals surface area (Å²) in [5.74, 6) is 0.372. The molecule has 1 aromatic rings. The molecular formula is C13H21ClN2O3. The van der Waals surface area contributed by atoms with Gasteiger partial charge in [0.15, 0.2) is 0 Å². The summed E-state index contributed by atoms with van der Waals surface area (Å²) in [6.45, 7) is 3.15. The second-order valence-electron chi connectivity index (χ2n) is 3.95. The quantitative estimate of drug-likeness (QED) is 0.740. The van der Waals surface area contributed by atoms with E-state index in [1.807, 2.05) is 13.0 Å². The summed E-state index contributed by atoms with van der Waals surface area (Å²) in [5, 5.41) is 2.80. The molecule has 0 radical (unpaired) electrons. The Morgan fingerprint density at radius 2 is 2.05 bits per heavy atom. The highest BCUT2D eigenvalue weighted by Crippen LogP contribution is 2.17. The van der Waals surface area contributed by atoms with E-state index in [1.54, 1.807) is 25.3 Å². The van der Waals surface area contributed by atoms with Gasteiger partial charge in [-0.25, -0.2) is 0 Å². The van der Waals surface area contributed by atoms with Gasteiger partial charge in [-0.15, -0.1) is 12.4 Å². The number of carbonyl (C=O) groups is 1. The molecule has 0 saturated carbocycles. The van der Waals surface area contributed by atoms with Gasteiger partial charge in [0.05, 0.1) is 12.2 Å². The van der Waals surface area contributed by atoms with Gasteiger partial charge in [-0.05, 0) is 19.1 Å². The fourth-order valence-electron chi connectivity index (χ4n) is 1.38. The number of carbonyl (C=O) groups excluding carboxylic acids is 1. The zero-order valence-electron chi connectivity index (χ0n) is 11.2. The lowest BCUT2D eigenvalue weighted by Crippen LogP contribution is -2.37. The standard InChI is InChI=1S/C13H20N2O3.ClH/c1-10(9-14)15-13(16)11-5-3-4-6-12(11)18-8-7-17-2;/h3-6,10H,7-9,14H2,1-2H3,(H,15,16);1H/t10-;/m0./s1. The lowest BCUT2D eigenvalue weighted by Gasteiger charge is -2.14. The molecule has 0 spiro atoms. The average molecular weight is 289 g/mol. The fraction of sp³-hybridized carbons (Fsp3) is 0.462. The van der Waals surface area contributed by atoms with Crippen molar-refractivity contribution in [3.05, 3.63) is 29.8 Å². The van der Waals surface area contributed by atoms with Gasteiger partial charge in [0.1, 0.15) is 12.4 Å². The van der Waals surface area contributed by atoms with E-state index in [0.717, 1.165) is 0 Å². The van der Waals surface area contributed by atoms with Crippen LogP contribution in [-0.4, -0.2) is 38.8 Å². The minimum atomic E-state index is -0.180. The monoisotopic (exact) mass is 288 g/mol. The Hall–Kier alpha value is -1.30. The summed E-state index contributed by atoms with van der Waals surface area (Å²) >= 11 is 0. The van der Waals surface area contributed by atoms with Crippen molar-refractivity contribution >= 4 is 18.3 Å². The summed E-state index contributed by atoms with van der Waals surface area (Å²) in [6, 6.07) is 7.04. The van der Waals surface area contributed by atoms with E-state index in [-0.39, 0.29) is 24.4 Å². The average Bonchev–Trinajstić information content (AvgIpc) is 2.39. The SMILES string of the molecule is COCCOc1ccccc1C(=O)N[C@@H](C)CN.Cl. The van der Waals surface area contributed by atoms with Crippen LogP contribution in [0.25, 0.3) is 0 Å². The predicted molar refractivity (Wildman–Crippen MR) is 77.0 cm³/mol. The van der Waals surface area contributed by atoms with Gasteiger partial charge in [0, 0.05) is 19.7 Å². The second kappa shape index (κ2) is 9.61. The maximum absolute atomic E-state index is 12.0. The number of methoxy groups -OCH3 is 1. The predicted octanol–water partition coefficient (Wildman–Crippen LogP) is 1.21. The number of nitrogens with two attached hydrogens (primary N) is 1. The molecule has 0 aliphatic heterocycles. The maximum Gasteiger partial charge on any atom is 0.255 e. The molecule has 3 N–H and O–H groups in total. The first-order valence-corrected chi connectivity index (χ1v) is 5.90. The molecule has 108 valence electrons. The lowest BCUT2D eigenvalue weighted by atomic mass is 10.1. The second-order valence-corrected chi connectivity index (χ2v) is 3.95. The number of nitrogens with one attached hydrogen (secondary N) is 1. The van der Waals surface area contributed by atoms with Crippen molar-refractivity contribution in [1.82, 2.24) is 5.32 Å². The topological polar surface area (TPSA) is 73.6 Å². The highest BCUT2D eigenvalue weighted by atomic mass is 35.5. The number of halogens is 1. The van der Waals surface area contributed by atoms with Crippen molar-refractivity contribution in [2.45, 2.75) is 13.0 Å². The third-order valence-corrected chi connectivity index (χ3v) is 2.41. The van der Waals surface area contributed by atoms with Gasteiger partial charge in [-0.3, -0.25) is 4.79 Å². The molecule has 1 amide bonds. The first-order chi connectivity index (χ1) is 8.69. The van der Waals surface area contributed by atoms with E-state index in [1.165, 1.54) is 0 Å². The molecule has 0 aliphatic carbocycles. The van der Waals surface area contributed by atoms with E-state index in [9.17, 15) is 4.79 Å². The molecule has 1 aromatic carbocycles. The Balaban J connectivity index is 0.00000324. The van der Waals surface area contributed by atoms with Crippen LogP contribution in [0.3, 0.4) is 0 Å². The number of ether oxygens (including phenoxy) is 2. The van der Waals surface area contributed by atoms with Crippen LogP contribution in [0, 0.1) is 0 Å². The Bertz CT molecular complexity index is 388. The van der Waals surface area contributed by atoms with Gasteiger partial charge in [0.2, 0.25) is 0 Å². The molecule has 5 nitrogen and oxygen atoms in total. The van der Waals surface area contributed by atoms with E-state index in [2.05, 4.69) is 5.32 Å². The summed E-state index contributed by atoms with van der Waals surface area (Å²) < 4.78 is 10.4. The Kier molecular flexibility index (Phi) is 8.95. The molecule has 0 aliphatic rings. The number of amides is 1. The van der Waals surface area contributed by atoms with E-state index in [4.69, 9.17) is 15.2 Å². The molecular weight excluding hydrogens is 268 g/mol. The third kappa shape index (κ3) is 5.92. The number of para-hydroxylation sites is 1. The largest absolute Gasteiger partial charge is 0.490 e. The summed E-state index contributed by atoms with van der Waals surface area (Å²) in [5.41, 5.74) is 5.98. The number of hydrogen-bond acceptors (Lipinski definition) is 4. The van der Waals surface area contributed by atoms with Crippen LogP contribution in [0.2, 0.25) is 0 Å². The van der Waals surface area contributed by atoms with Crippen LogP contribution in [0.5, 0.6) is 5.75 Å². The highest BCUT2D eigenvalue weighted by Gasteiger charge is 2.13. The van der Waals surface area contributed by atoms with Crippen LogP contribution in [0.15, 0.2) is 24.3 Å². The van der Waals surface area contributed by atoms with Crippen LogP contribution in [0.4, 0.5) is 0 Å². The summed E-state index contributed by atoms with van der Waals surface area (Å²) in [4.78, 5) is 12.0. The van der Waals surface area contributed by atoms with Gasteiger partial charge >= 0.3 is 0 Å². The zero-order valence-corrected chi connectivity index (χ0v) is 12.0. The van der Waals surface area contributed by atoms with E-state index in [0.29, 0.717) is 31.1 Å². The first kappa shape index (κ1) is 17.7. The Labute approximate surface area is 119 Å². The third-order valence-electron chi connectivity index (χ3n) is 2.41. The van der Waals surface area contributed by atoms with Gasteiger partial charge < -0.3 is 20.5 Å². The summed E-state index contributed by atoms with van der Waals surface area (Å²) in [7, 11) is 1.60. The maximum atomic E-state index is 12.0. The minimum Gasteiger partial charge on any atom is -0.490 e. The molecule has 0 saturated heterocycles. The molecule has 0 heterocycles. The van der Waals surface area contributed by atoms with Gasteiger partial charge in [-0.2, -0.15) is 0 Å². The molecule has 0 fully saturated rings. The molecule has 6 heteroatoms. The van der Waals surface area contributed by atoms with Crippen molar-refractivity contribution in [3.63, 3.8) is 0 Å². The number of hydrogen-bond donors (Lipinski definition) is 2. The van der Waals surface area contributed by atoms with Crippen molar-refractivity contribution in [2.75, 3.05) is 26.9 Å². The normalized spacial score (nSPS) is 11.3. The number of benzene rings is 1. The van der Waals surface area contributed by atoms with Crippen molar-refractivity contribution in [3.8, 4) is 5.75 Å². The van der Waals surface area contributed by atoms with Crippen molar-refractivity contribution in [2.24, 2.45) is 5.73 Å². The molecule has 0 unspecified atom stereocenters. The van der Waals surface area contributed by atoms with E-state index < -0.39 is 0 Å². The van der Waals surface area contributed by atoms with Crippen molar-refractivity contribution in [1.29, 1.82) is 0 Å². The Morgan fingerprint density at radius 3 is 2.68 bits per heavy atom. The lowest BCUT2D eigenvalue weighted by molar-refractivity contribution is 0.0933. The molecule has 0 bridgehead atoms. The molecule has 0 aromatic heterocycles. The molecule has 1 rings (SSSR count). The number of rotatable bonds is 7. The van der Waals surface area contributed by atoms with Crippen LogP contribution in [0.1, 0.15) is 17.3 Å². The van der Waals surface area contributed by atoms with Gasteiger partial charge in [-0.1, -0.05) is 12.1 Å². The first-order valence-electron chi connectivity index (χ1n) is 5.90. The van der Waals surface area contributed by atoms with Gasteiger partial charge in [0.25, 0.3) is 5.91 Å². The minimum absolute atomic E-state index is 0. The molecule has 1 atom stereocenters. The summed E-state index contributed by atoms with van der Waals surface area (Å²) in [6.07, 6.45) is 0. The van der Waals surface area contributed by atoms with Crippen molar-refractivity contribution < 1.29 is 14.3 Å². The fourth-order valence-corrected chi connectivity index (χ4v) is 1.38. The Morgan fingerprint density at radius 1 is 1.37 bits per heavy atom. The highest BCUT2D eigenvalue weighted by molar-refractivity contribution is 5.97.